The Kier molecular flexibility index (Phi) is 12.6. The Bertz CT molecular complexity index is 1480. The molecule has 3 aromatic rings. The molecule has 0 spiro atoms. The number of aliphatic hydroxyl groups is 1. The molecule has 0 saturated carbocycles. The molecule has 2 saturated heterocycles. The number of hydrogen-bond donors (Lipinski definition) is 2. The third kappa shape index (κ3) is 11.3. The molecule has 2 N–H and O–H groups in total. The third-order valence-corrected chi connectivity index (χ3v) is 9.02. The predicted octanol–water partition coefficient (Wildman–Crippen LogP) is 6.73. The molecule has 9 heteroatoms. The summed E-state index contributed by atoms with van der Waals surface area (Å²) >= 11 is 0. The summed E-state index contributed by atoms with van der Waals surface area (Å²) in [6.07, 6.45) is 2.09. The summed E-state index contributed by atoms with van der Waals surface area (Å²) in [6.45, 7) is 21.8. The summed E-state index contributed by atoms with van der Waals surface area (Å²) in [5.41, 5.74) is 6.52. The molecule has 0 radical (unpaired) electrons. The highest BCUT2D eigenvalue weighted by Crippen LogP contribution is 2.41. The number of carbonyl (C=O) groups is 1. The van der Waals surface area contributed by atoms with Gasteiger partial charge in [-0.3, -0.25) is 19.6 Å². The van der Waals surface area contributed by atoms with Crippen LogP contribution in [0.5, 0.6) is 5.75 Å². The number of piperidine rings is 1. The molecule has 0 atom stereocenters. The Morgan fingerprint density at radius 2 is 1.46 bits per heavy atom. The van der Waals surface area contributed by atoms with Crippen LogP contribution in [0, 0.1) is 25.1 Å². The van der Waals surface area contributed by atoms with Crippen LogP contribution in [0.4, 0.5) is 10.1 Å². The van der Waals surface area contributed by atoms with E-state index in [0.717, 1.165) is 110 Å². The van der Waals surface area contributed by atoms with Gasteiger partial charge in [-0.15, -0.1) is 0 Å². The highest BCUT2D eigenvalue weighted by Gasteiger charge is 2.30. The maximum atomic E-state index is 13.2. The summed E-state index contributed by atoms with van der Waals surface area (Å²) in [5.74, 6) is -0.207. The van der Waals surface area contributed by atoms with Crippen LogP contribution in [-0.2, 0) is 17.8 Å². The van der Waals surface area contributed by atoms with Crippen LogP contribution >= 0.6 is 0 Å². The number of aromatic nitrogens is 1. The molecule has 0 aliphatic carbocycles. The zero-order valence-corrected chi connectivity index (χ0v) is 30.0. The van der Waals surface area contributed by atoms with Crippen molar-refractivity contribution in [2.24, 2.45) is 5.41 Å². The average molecular weight is 663 g/mol. The number of carboxylic acids is 1. The Labute approximate surface area is 286 Å². The number of ether oxygens (including phenoxy) is 1. The molecule has 2 aliphatic heterocycles. The van der Waals surface area contributed by atoms with E-state index in [-0.39, 0.29) is 17.7 Å². The SMILES string of the molecule is CC(C)(C)O.Cc1nc(C)c(-c2ccc(OCCN3CCN(Cc4ccc(F)cc4)CC3)cc2)c(N2CCC(C)(C)CC2)c1CC(=O)O. The number of benzene rings is 2. The van der Waals surface area contributed by atoms with Crippen molar-refractivity contribution in [3.05, 3.63) is 76.9 Å². The molecule has 1 aromatic heterocycles. The first-order valence-corrected chi connectivity index (χ1v) is 17.2. The molecule has 8 nitrogen and oxygen atoms in total. The number of piperazine rings is 1. The van der Waals surface area contributed by atoms with Crippen LogP contribution in [0.2, 0.25) is 0 Å². The number of pyridine rings is 1. The van der Waals surface area contributed by atoms with Gasteiger partial charge in [-0.25, -0.2) is 4.39 Å². The second kappa shape index (κ2) is 16.2. The topological polar surface area (TPSA) is 89.4 Å². The standard InChI is InChI=1S/C35H45FN4O3.C4H10O/c1-25-31(23-32(41)42)34(40-15-13-35(3,4)14-16-40)33(26(2)37-25)28-7-11-30(12-8-28)43-22-21-38-17-19-39(20-18-38)24-27-5-9-29(36)10-6-27;1-4(2,3)5/h5-12H,13-24H2,1-4H3,(H,41,42);5H,1-3H3. The highest BCUT2D eigenvalue weighted by atomic mass is 19.1. The van der Waals surface area contributed by atoms with Crippen LogP contribution in [0.3, 0.4) is 0 Å². The minimum Gasteiger partial charge on any atom is -0.492 e. The number of anilines is 1. The minimum atomic E-state index is -0.837. The van der Waals surface area contributed by atoms with E-state index in [1.54, 1.807) is 20.8 Å². The van der Waals surface area contributed by atoms with Gasteiger partial charge in [0.15, 0.2) is 0 Å². The lowest BCUT2D eigenvalue weighted by molar-refractivity contribution is -0.136. The molecule has 0 bridgehead atoms. The van der Waals surface area contributed by atoms with Crippen LogP contribution in [-0.4, -0.2) is 89.0 Å². The fraction of sp³-hybridized carbons (Fsp3) is 0.538. The van der Waals surface area contributed by atoms with Crippen molar-refractivity contribution in [3.63, 3.8) is 0 Å². The first-order chi connectivity index (χ1) is 22.6. The van der Waals surface area contributed by atoms with Gasteiger partial charge in [-0.1, -0.05) is 38.1 Å². The molecule has 0 amide bonds. The smallest absolute Gasteiger partial charge is 0.307 e. The quantitative estimate of drug-likeness (QED) is 0.247. The third-order valence-electron chi connectivity index (χ3n) is 9.02. The molecular formula is C39H55FN4O4. The van der Waals surface area contributed by atoms with Crippen LogP contribution < -0.4 is 9.64 Å². The van der Waals surface area contributed by atoms with Crippen molar-refractivity contribution in [3.8, 4) is 16.9 Å². The summed E-state index contributed by atoms with van der Waals surface area (Å²) in [6, 6.07) is 14.9. The van der Waals surface area contributed by atoms with E-state index in [2.05, 4.69) is 40.7 Å². The molecule has 2 aliphatic rings. The lowest BCUT2D eigenvalue weighted by Crippen LogP contribution is -2.47. The van der Waals surface area contributed by atoms with Gasteiger partial charge in [0.25, 0.3) is 0 Å². The van der Waals surface area contributed by atoms with Gasteiger partial charge >= 0.3 is 5.97 Å². The van der Waals surface area contributed by atoms with Crippen LogP contribution in [0.1, 0.15) is 70.0 Å². The number of hydrogen-bond acceptors (Lipinski definition) is 7. The van der Waals surface area contributed by atoms with E-state index in [4.69, 9.17) is 14.8 Å². The summed E-state index contributed by atoms with van der Waals surface area (Å²) in [5, 5.41) is 18.3. The van der Waals surface area contributed by atoms with E-state index in [9.17, 15) is 14.3 Å². The minimum absolute atomic E-state index is 0.0387. The van der Waals surface area contributed by atoms with Gasteiger partial charge in [-0.2, -0.15) is 0 Å². The maximum Gasteiger partial charge on any atom is 0.307 e. The van der Waals surface area contributed by atoms with Crippen molar-refractivity contribution in [1.29, 1.82) is 0 Å². The van der Waals surface area contributed by atoms with E-state index < -0.39 is 11.6 Å². The number of aliphatic carboxylic acids is 1. The first kappa shape index (κ1) is 37.3. The van der Waals surface area contributed by atoms with Crippen molar-refractivity contribution < 1.29 is 24.1 Å². The van der Waals surface area contributed by atoms with Crippen molar-refractivity contribution in [2.75, 3.05) is 57.3 Å². The van der Waals surface area contributed by atoms with Gasteiger partial charge in [0.1, 0.15) is 18.2 Å². The van der Waals surface area contributed by atoms with Crippen LogP contribution in [0.25, 0.3) is 11.1 Å². The van der Waals surface area contributed by atoms with Crippen molar-refractivity contribution in [1.82, 2.24) is 14.8 Å². The molecular weight excluding hydrogens is 607 g/mol. The maximum absolute atomic E-state index is 13.2. The Balaban J connectivity index is 0.000000968. The number of rotatable bonds is 10. The summed E-state index contributed by atoms with van der Waals surface area (Å²) in [7, 11) is 0. The van der Waals surface area contributed by atoms with E-state index in [1.807, 2.05) is 38.1 Å². The fourth-order valence-electron chi connectivity index (χ4n) is 6.29. The summed E-state index contributed by atoms with van der Waals surface area (Å²) < 4.78 is 19.3. The van der Waals surface area contributed by atoms with Crippen molar-refractivity contribution >= 4 is 11.7 Å². The fourth-order valence-corrected chi connectivity index (χ4v) is 6.29. The zero-order chi connectivity index (χ0) is 35.1. The number of aryl methyl sites for hydroxylation is 2. The lowest BCUT2D eigenvalue weighted by atomic mass is 9.82. The molecule has 2 fully saturated rings. The van der Waals surface area contributed by atoms with E-state index in [1.165, 1.54) is 12.1 Å². The Morgan fingerprint density at radius 3 is 2.02 bits per heavy atom. The average Bonchev–Trinajstić information content (AvgIpc) is 3.00. The van der Waals surface area contributed by atoms with Crippen LogP contribution in [0.15, 0.2) is 48.5 Å². The van der Waals surface area contributed by atoms with Crippen molar-refractivity contribution in [2.45, 2.75) is 79.9 Å². The van der Waals surface area contributed by atoms with Gasteiger partial charge < -0.3 is 19.8 Å². The molecule has 5 rings (SSSR count). The number of nitrogens with zero attached hydrogens (tertiary/aromatic N) is 4. The van der Waals surface area contributed by atoms with E-state index >= 15 is 0 Å². The second-order valence-electron chi connectivity index (χ2n) is 15.0. The van der Waals surface area contributed by atoms with Gasteiger partial charge in [0.05, 0.1) is 17.7 Å². The largest absolute Gasteiger partial charge is 0.492 e. The van der Waals surface area contributed by atoms with Gasteiger partial charge in [-0.05, 0) is 88.3 Å². The predicted molar refractivity (Wildman–Crippen MR) is 191 cm³/mol. The molecule has 48 heavy (non-hydrogen) atoms. The molecule has 262 valence electrons. The van der Waals surface area contributed by atoms with Gasteiger partial charge in [0.2, 0.25) is 0 Å². The normalized spacial score (nSPS) is 17.1. The molecule has 2 aromatic carbocycles. The first-order valence-electron chi connectivity index (χ1n) is 17.2. The number of halogens is 1. The second-order valence-corrected chi connectivity index (χ2v) is 15.0. The molecule has 3 heterocycles. The summed E-state index contributed by atoms with van der Waals surface area (Å²) in [4.78, 5) is 23.9. The Morgan fingerprint density at radius 1 is 0.896 bits per heavy atom. The zero-order valence-electron chi connectivity index (χ0n) is 30.0. The van der Waals surface area contributed by atoms with E-state index in [0.29, 0.717) is 6.61 Å². The number of carboxylic acid groups (broad SMARTS) is 1. The molecule has 0 unspecified atom stereocenters. The lowest BCUT2D eigenvalue weighted by Gasteiger charge is -2.40. The monoisotopic (exact) mass is 662 g/mol. The van der Waals surface area contributed by atoms with Gasteiger partial charge in [0, 0.05) is 74.9 Å². The highest BCUT2D eigenvalue weighted by molar-refractivity contribution is 5.86. The Hall–Kier alpha value is -3.53.